The van der Waals surface area contributed by atoms with Crippen molar-refractivity contribution in [3.8, 4) is 0 Å². The van der Waals surface area contributed by atoms with Gasteiger partial charge >= 0.3 is 0 Å². The average Bonchev–Trinajstić information content (AvgIpc) is 2.40. The first-order valence-electron chi connectivity index (χ1n) is 6.25. The van der Waals surface area contributed by atoms with Gasteiger partial charge in [0.15, 0.2) is 5.82 Å². The number of aliphatic hydroxyl groups is 1. The lowest BCUT2D eigenvalue weighted by molar-refractivity contribution is 0.282. The van der Waals surface area contributed by atoms with Gasteiger partial charge in [-0.05, 0) is 24.8 Å². The monoisotopic (exact) mass is 298 g/mol. The number of thioether (sulfide) groups is 1. The number of hydrogen-bond donors (Lipinski definition) is 2. The number of aliphatic hydroxyl groups excluding tert-OH is 1. The highest BCUT2D eigenvalue weighted by Crippen LogP contribution is 2.26. The Labute approximate surface area is 120 Å². The van der Waals surface area contributed by atoms with Gasteiger partial charge in [-0.3, -0.25) is 4.98 Å². The van der Waals surface area contributed by atoms with E-state index < -0.39 is 11.6 Å². The Balaban J connectivity index is 2.38. The van der Waals surface area contributed by atoms with Crippen molar-refractivity contribution in [3.63, 3.8) is 0 Å². The molecule has 0 aliphatic heterocycles. The average molecular weight is 298 g/mol. The van der Waals surface area contributed by atoms with Gasteiger partial charge in [0.25, 0.3) is 0 Å². The van der Waals surface area contributed by atoms with Crippen LogP contribution in [0.5, 0.6) is 0 Å². The fourth-order valence-electron chi connectivity index (χ4n) is 2.08. The van der Waals surface area contributed by atoms with Crippen molar-refractivity contribution in [3.05, 3.63) is 36.0 Å². The Kier molecular flexibility index (Phi) is 5.14. The Morgan fingerprint density at radius 1 is 1.40 bits per heavy atom. The van der Waals surface area contributed by atoms with Gasteiger partial charge < -0.3 is 10.4 Å². The molecule has 0 bridgehead atoms. The maximum absolute atomic E-state index is 13.7. The molecule has 2 rings (SSSR count). The second-order valence-electron chi connectivity index (χ2n) is 4.45. The third kappa shape index (κ3) is 3.37. The molecule has 108 valence electrons. The predicted molar refractivity (Wildman–Crippen MR) is 79.2 cm³/mol. The van der Waals surface area contributed by atoms with Gasteiger partial charge in [-0.25, -0.2) is 8.78 Å². The van der Waals surface area contributed by atoms with E-state index in [4.69, 9.17) is 5.11 Å². The van der Waals surface area contributed by atoms with Gasteiger partial charge in [-0.1, -0.05) is 0 Å². The third-order valence-electron chi connectivity index (χ3n) is 2.97. The molecule has 1 aromatic carbocycles. The number of fused-ring (bicyclic) bond motifs is 1. The normalized spacial score (nSPS) is 12.6. The lowest BCUT2D eigenvalue weighted by Gasteiger charge is -2.19. The summed E-state index contributed by atoms with van der Waals surface area (Å²) in [5, 5.41) is 12.7. The van der Waals surface area contributed by atoms with Crippen LogP contribution in [0.1, 0.15) is 6.42 Å². The van der Waals surface area contributed by atoms with E-state index in [0.29, 0.717) is 17.5 Å². The highest BCUT2D eigenvalue weighted by molar-refractivity contribution is 7.98. The second-order valence-corrected chi connectivity index (χ2v) is 5.36. The molecule has 1 heterocycles. The van der Waals surface area contributed by atoms with E-state index in [2.05, 4.69) is 10.3 Å². The molecule has 1 atom stereocenters. The molecule has 0 aliphatic rings. The van der Waals surface area contributed by atoms with E-state index >= 15 is 0 Å². The molecule has 0 unspecified atom stereocenters. The Bertz CT molecular complexity index is 589. The SMILES string of the molecule is CSC[C@@H](CCO)Nc1ccnc2c(F)cc(F)cc12. The van der Waals surface area contributed by atoms with Gasteiger partial charge in [0, 0.05) is 41.7 Å². The minimum Gasteiger partial charge on any atom is -0.396 e. The summed E-state index contributed by atoms with van der Waals surface area (Å²) in [4.78, 5) is 3.95. The van der Waals surface area contributed by atoms with Crippen molar-refractivity contribution in [2.45, 2.75) is 12.5 Å². The fraction of sp³-hybridized carbons (Fsp3) is 0.357. The summed E-state index contributed by atoms with van der Waals surface area (Å²) in [5.74, 6) is -0.510. The van der Waals surface area contributed by atoms with Crippen LogP contribution < -0.4 is 5.32 Å². The molecule has 6 heteroatoms. The van der Waals surface area contributed by atoms with Crippen molar-refractivity contribution in [2.24, 2.45) is 0 Å². The summed E-state index contributed by atoms with van der Waals surface area (Å²) in [6, 6.07) is 3.81. The summed E-state index contributed by atoms with van der Waals surface area (Å²) in [7, 11) is 0. The molecule has 0 spiro atoms. The topological polar surface area (TPSA) is 45.1 Å². The van der Waals surface area contributed by atoms with E-state index in [1.54, 1.807) is 17.8 Å². The van der Waals surface area contributed by atoms with Crippen LogP contribution in [0.25, 0.3) is 10.9 Å². The maximum atomic E-state index is 13.7. The maximum Gasteiger partial charge on any atom is 0.152 e. The number of anilines is 1. The van der Waals surface area contributed by atoms with Gasteiger partial charge in [0.05, 0.1) is 0 Å². The number of rotatable bonds is 6. The minimum atomic E-state index is -0.674. The van der Waals surface area contributed by atoms with E-state index in [-0.39, 0.29) is 18.2 Å². The van der Waals surface area contributed by atoms with E-state index in [1.807, 2.05) is 6.26 Å². The first kappa shape index (κ1) is 15.0. The van der Waals surface area contributed by atoms with E-state index in [0.717, 1.165) is 11.8 Å². The molecule has 20 heavy (non-hydrogen) atoms. The van der Waals surface area contributed by atoms with E-state index in [1.165, 1.54) is 12.3 Å². The van der Waals surface area contributed by atoms with Crippen molar-refractivity contribution in [1.29, 1.82) is 0 Å². The molecule has 0 fully saturated rings. The number of nitrogens with zero attached hydrogens (tertiary/aromatic N) is 1. The van der Waals surface area contributed by atoms with Gasteiger partial charge in [-0.2, -0.15) is 11.8 Å². The molecular formula is C14H16F2N2OS. The van der Waals surface area contributed by atoms with Crippen LogP contribution >= 0.6 is 11.8 Å². The van der Waals surface area contributed by atoms with Crippen LogP contribution in [-0.4, -0.2) is 34.7 Å². The number of benzene rings is 1. The first-order valence-corrected chi connectivity index (χ1v) is 7.65. The molecule has 0 saturated carbocycles. The number of halogens is 2. The van der Waals surface area contributed by atoms with Crippen molar-refractivity contribution >= 4 is 28.4 Å². The van der Waals surface area contributed by atoms with Crippen LogP contribution in [0.15, 0.2) is 24.4 Å². The van der Waals surface area contributed by atoms with Crippen LogP contribution in [0.4, 0.5) is 14.5 Å². The summed E-state index contributed by atoms with van der Waals surface area (Å²) in [6.07, 6.45) is 4.03. The summed E-state index contributed by atoms with van der Waals surface area (Å²) in [6.45, 7) is 0.0595. The van der Waals surface area contributed by atoms with E-state index in [9.17, 15) is 8.78 Å². The summed E-state index contributed by atoms with van der Waals surface area (Å²) >= 11 is 1.64. The van der Waals surface area contributed by atoms with Crippen LogP contribution in [0.3, 0.4) is 0 Å². The summed E-state index contributed by atoms with van der Waals surface area (Å²) < 4.78 is 27.1. The lowest BCUT2D eigenvalue weighted by atomic mass is 10.1. The zero-order valence-corrected chi connectivity index (χ0v) is 11.9. The highest BCUT2D eigenvalue weighted by Gasteiger charge is 2.12. The Hall–Kier alpha value is -1.40. The molecule has 3 nitrogen and oxygen atoms in total. The lowest BCUT2D eigenvalue weighted by Crippen LogP contribution is -2.23. The molecule has 1 aromatic heterocycles. The minimum absolute atomic E-state index is 0.0342. The van der Waals surface area contributed by atoms with Crippen molar-refractivity contribution in [1.82, 2.24) is 4.98 Å². The van der Waals surface area contributed by atoms with Crippen LogP contribution in [0.2, 0.25) is 0 Å². The Morgan fingerprint density at radius 3 is 2.90 bits per heavy atom. The van der Waals surface area contributed by atoms with Gasteiger partial charge in [0.1, 0.15) is 11.3 Å². The molecule has 0 aliphatic carbocycles. The quantitative estimate of drug-likeness (QED) is 0.860. The number of aromatic nitrogens is 1. The Morgan fingerprint density at radius 2 is 2.20 bits per heavy atom. The zero-order valence-electron chi connectivity index (χ0n) is 11.1. The summed E-state index contributed by atoms with van der Waals surface area (Å²) in [5.41, 5.74) is 0.768. The molecule has 0 radical (unpaired) electrons. The number of hydrogen-bond acceptors (Lipinski definition) is 4. The molecular weight excluding hydrogens is 282 g/mol. The predicted octanol–water partition coefficient (Wildman–Crippen LogP) is 3.04. The third-order valence-corrected chi connectivity index (χ3v) is 3.70. The molecule has 0 saturated heterocycles. The highest BCUT2D eigenvalue weighted by atomic mass is 32.2. The van der Waals surface area contributed by atoms with Crippen molar-refractivity contribution < 1.29 is 13.9 Å². The standard InChI is InChI=1S/C14H16F2N2OS/c1-20-8-10(3-5-19)18-13-2-4-17-14-11(13)6-9(15)7-12(14)16/h2,4,6-7,10,19H,3,5,8H2,1H3,(H,17,18)/t10-/m1/s1. The van der Waals surface area contributed by atoms with Crippen molar-refractivity contribution in [2.75, 3.05) is 23.9 Å². The number of nitrogens with one attached hydrogen (secondary N) is 1. The fourth-order valence-corrected chi connectivity index (χ4v) is 2.73. The molecule has 0 amide bonds. The smallest absolute Gasteiger partial charge is 0.152 e. The van der Waals surface area contributed by atoms with Gasteiger partial charge in [0.2, 0.25) is 0 Å². The zero-order chi connectivity index (χ0) is 14.5. The molecule has 2 aromatic rings. The first-order chi connectivity index (χ1) is 9.65. The molecule has 2 N–H and O–H groups in total. The van der Waals surface area contributed by atoms with Crippen LogP contribution in [0, 0.1) is 11.6 Å². The number of pyridine rings is 1. The second kappa shape index (κ2) is 6.85. The van der Waals surface area contributed by atoms with Crippen LogP contribution in [-0.2, 0) is 0 Å². The largest absolute Gasteiger partial charge is 0.396 e. The van der Waals surface area contributed by atoms with Gasteiger partial charge in [-0.15, -0.1) is 0 Å².